The largest absolute Gasteiger partial charge is 0.379 e. The van der Waals surface area contributed by atoms with Crippen molar-refractivity contribution in [2.24, 2.45) is 5.73 Å². The van der Waals surface area contributed by atoms with Crippen LogP contribution in [-0.4, -0.2) is 19.8 Å². The molecule has 2 N–H and O–H groups in total. The lowest BCUT2D eigenvalue weighted by Gasteiger charge is -1.94. The lowest BCUT2D eigenvalue weighted by molar-refractivity contribution is 0.125. The Bertz CT molecular complexity index is 41.8. The molecular formula is C6H15NO. The SMILES string of the molecule is CC1CCCO1.CN. The average molecular weight is 117 g/mol. The molecule has 0 aromatic carbocycles. The summed E-state index contributed by atoms with van der Waals surface area (Å²) < 4.78 is 5.15. The molecule has 1 fully saturated rings. The van der Waals surface area contributed by atoms with Gasteiger partial charge in [-0.3, -0.25) is 0 Å². The number of hydrogen-bond donors (Lipinski definition) is 1. The van der Waals surface area contributed by atoms with Crippen molar-refractivity contribution in [2.45, 2.75) is 25.9 Å². The maximum absolute atomic E-state index is 5.15. The summed E-state index contributed by atoms with van der Waals surface area (Å²) in [6, 6.07) is 0. The monoisotopic (exact) mass is 117 g/mol. The van der Waals surface area contributed by atoms with E-state index in [1.807, 2.05) is 0 Å². The molecule has 50 valence electrons. The summed E-state index contributed by atoms with van der Waals surface area (Å²) in [4.78, 5) is 0. The highest BCUT2D eigenvalue weighted by molar-refractivity contribution is 4.56. The minimum Gasteiger partial charge on any atom is -0.379 e. The maximum Gasteiger partial charge on any atom is 0.0547 e. The van der Waals surface area contributed by atoms with Crippen LogP contribution in [0, 0.1) is 0 Å². The van der Waals surface area contributed by atoms with E-state index in [9.17, 15) is 0 Å². The molecule has 0 amide bonds. The molecule has 1 aliphatic rings. The molecule has 1 saturated heterocycles. The van der Waals surface area contributed by atoms with E-state index in [1.165, 1.54) is 19.9 Å². The summed E-state index contributed by atoms with van der Waals surface area (Å²) in [5.74, 6) is 0. The summed E-state index contributed by atoms with van der Waals surface area (Å²) in [7, 11) is 1.50. The van der Waals surface area contributed by atoms with Crippen LogP contribution in [0.25, 0.3) is 0 Å². The standard InChI is InChI=1S/C5H10O.CH5N/c1-5-3-2-4-6-5;1-2/h5H,2-4H2,1H3;2H2,1H3. The fourth-order valence-corrected chi connectivity index (χ4v) is 0.739. The molecule has 0 aromatic heterocycles. The van der Waals surface area contributed by atoms with Gasteiger partial charge in [-0.25, -0.2) is 0 Å². The Labute approximate surface area is 51.0 Å². The maximum atomic E-state index is 5.15. The van der Waals surface area contributed by atoms with E-state index in [0.29, 0.717) is 6.10 Å². The van der Waals surface area contributed by atoms with Gasteiger partial charge in [0.05, 0.1) is 6.10 Å². The molecule has 1 atom stereocenters. The second kappa shape index (κ2) is 5.06. The minimum atomic E-state index is 0.546. The molecule has 1 unspecified atom stereocenters. The van der Waals surface area contributed by atoms with Gasteiger partial charge < -0.3 is 10.5 Å². The predicted molar refractivity (Wildman–Crippen MR) is 34.8 cm³/mol. The summed E-state index contributed by atoms with van der Waals surface area (Å²) in [5, 5.41) is 0. The lowest BCUT2D eigenvalue weighted by Crippen LogP contribution is -1.94. The molecule has 8 heavy (non-hydrogen) atoms. The summed E-state index contributed by atoms with van der Waals surface area (Å²) >= 11 is 0. The number of rotatable bonds is 0. The van der Waals surface area contributed by atoms with Crippen molar-refractivity contribution in [3.8, 4) is 0 Å². The van der Waals surface area contributed by atoms with Crippen LogP contribution in [0.3, 0.4) is 0 Å². The van der Waals surface area contributed by atoms with Crippen molar-refractivity contribution in [3.63, 3.8) is 0 Å². The zero-order valence-corrected chi connectivity index (χ0v) is 5.68. The molecule has 0 radical (unpaired) electrons. The van der Waals surface area contributed by atoms with Crippen molar-refractivity contribution < 1.29 is 4.74 Å². The minimum absolute atomic E-state index is 0.546. The molecule has 2 nitrogen and oxygen atoms in total. The topological polar surface area (TPSA) is 35.2 Å². The summed E-state index contributed by atoms with van der Waals surface area (Å²) in [6.07, 6.45) is 3.08. The zero-order chi connectivity index (χ0) is 6.41. The van der Waals surface area contributed by atoms with Crippen LogP contribution in [0.5, 0.6) is 0 Å². The first-order valence-corrected chi connectivity index (χ1v) is 3.09. The smallest absolute Gasteiger partial charge is 0.0547 e. The van der Waals surface area contributed by atoms with Crippen molar-refractivity contribution in [1.29, 1.82) is 0 Å². The highest BCUT2D eigenvalue weighted by atomic mass is 16.5. The van der Waals surface area contributed by atoms with Crippen molar-refractivity contribution >= 4 is 0 Å². The van der Waals surface area contributed by atoms with Crippen LogP contribution in [-0.2, 0) is 4.74 Å². The van der Waals surface area contributed by atoms with Gasteiger partial charge in [0.1, 0.15) is 0 Å². The second-order valence-electron chi connectivity index (χ2n) is 1.82. The van der Waals surface area contributed by atoms with Gasteiger partial charge in [0, 0.05) is 6.61 Å². The van der Waals surface area contributed by atoms with Gasteiger partial charge in [0.2, 0.25) is 0 Å². The first-order valence-electron chi connectivity index (χ1n) is 3.09. The Balaban J connectivity index is 0.000000222. The van der Waals surface area contributed by atoms with E-state index in [0.717, 1.165) is 6.61 Å². The highest BCUT2D eigenvalue weighted by Crippen LogP contribution is 2.09. The normalized spacial score (nSPS) is 26.6. The molecule has 0 bridgehead atoms. The molecule has 0 spiro atoms. The zero-order valence-electron chi connectivity index (χ0n) is 5.68. The Morgan fingerprint density at radius 1 is 1.50 bits per heavy atom. The van der Waals surface area contributed by atoms with Crippen LogP contribution in [0.15, 0.2) is 0 Å². The van der Waals surface area contributed by atoms with E-state index in [2.05, 4.69) is 12.7 Å². The second-order valence-corrected chi connectivity index (χ2v) is 1.82. The summed E-state index contributed by atoms with van der Waals surface area (Å²) in [5.41, 5.74) is 4.50. The van der Waals surface area contributed by atoms with Crippen LogP contribution in [0.1, 0.15) is 19.8 Å². The van der Waals surface area contributed by atoms with Crippen LogP contribution in [0.2, 0.25) is 0 Å². The molecule has 0 aliphatic carbocycles. The fraction of sp³-hybridized carbons (Fsp3) is 1.00. The third-order valence-electron chi connectivity index (χ3n) is 1.16. The Morgan fingerprint density at radius 2 is 2.12 bits per heavy atom. The van der Waals surface area contributed by atoms with Gasteiger partial charge in [-0.05, 0) is 26.8 Å². The Hall–Kier alpha value is -0.0800. The van der Waals surface area contributed by atoms with Crippen LogP contribution < -0.4 is 5.73 Å². The number of hydrogen-bond acceptors (Lipinski definition) is 2. The number of nitrogens with two attached hydrogens (primary N) is 1. The molecule has 0 saturated carbocycles. The van der Waals surface area contributed by atoms with Gasteiger partial charge in [0.25, 0.3) is 0 Å². The molecule has 1 aliphatic heterocycles. The highest BCUT2D eigenvalue weighted by Gasteiger charge is 2.07. The third-order valence-corrected chi connectivity index (χ3v) is 1.16. The first kappa shape index (κ1) is 7.92. The van der Waals surface area contributed by atoms with Gasteiger partial charge in [-0.15, -0.1) is 0 Å². The van der Waals surface area contributed by atoms with Crippen molar-refractivity contribution in [1.82, 2.24) is 0 Å². The molecule has 0 aromatic rings. The first-order chi connectivity index (χ1) is 3.89. The third kappa shape index (κ3) is 2.99. The van der Waals surface area contributed by atoms with E-state index in [4.69, 9.17) is 4.74 Å². The van der Waals surface area contributed by atoms with Gasteiger partial charge in [0.15, 0.2) is 0 Å². The van der Waals surface area contributed by atoms with Crippen molar-refractivity contribution in [2.75, 3.05) is 13.7 Å². The molecule has 1 heterocycles. The quantitative estimate of drug-likeness (QED) is 0.508. The average Bonchev–Trinajstić information content (AvgIpc) is 2.24. The molecule has 1 rings (SSSR count). The van der Waals surface area contributed by atoms with E-state index >= 15 is 0 Å². The van der Waals surface area contributed by atoms with Gasteiger partial charge in [-0.1, -0.05) is 0 Å². The van der Waals surface area contributed by atoms with Crippen LogP contribution >= 0.6 is 0 Å². The van der Waals surface area contributed by atoms with Crippen LogP contribution in [0.4, 0.5) is 0 Å². The fourth-order valence-electron chi connectivity index (χ4n) is 0.739. The van der Waals surface area contributed by atoms with E-state index in [1.54, 1.807) is 0 Å². The Morgan fingerprint density at radius 3 is 2.25 bits per heavy atom. The lowest BCUT2D eigenvalue weighted by atomic mass is 10.3. The molecular weight excluding hydrogens is 102 g/mol. The summed E-state index contributed by atoms with van der Waals surface area (Å²) in [6.45, 7) is 3.11. The Kier molecular flexibility index (Phi) is 5.01. The van der Waals surface area contributed by atoms with Crippen molar-refractivity contribution in [3.05, 3.63) is 0 Å². The predicted octanol–water partition coefficient (Wildman–Crippen LogP) is 0.760. The van der Waals surface area contributed by atoms with E-state index in [-0.39, 0.29) is 0 Å². The van der Waals surface area contributed by atoms with Gasteiger partial charge in [-0.2, -0.15) is 0 Å². The van der Waals surface area contributed by atoms with E-state index < -0.39 is 0 Å². The van der Waals surface area contributed by atoms with Gasteiger partial charge >= 0.3 is 0 Å². The molecule has 2 heteroatoms. The number of ether oxygens (including phenoxy) is 1.